The first kappa shape index (κ1) is 23.5. The van der Waals surface area contributed by atoms with E-state index in [-0.39, 0.29) is 24.1 Å². The molecule has 1 saturated heterocycles. The van der Waals surface area contributed by atoms with Gasteiger partial charge in [-0.15, -0.1) is 6.58 Å². The summed E-state index contributed by atoms with van der Waals surface area (Å²) < 4.78 is 12.9. The number of hydrazone groups is 1. The predicted molar refractivity (Wildman–Crippen MR) is 121 cm³/mol. The number of hydrogen-bond acceptors (Lipinski definition) is 4. The molecule has 2 fully saturated rings. The maximum Gasteiger partial charge on any atom is 0.461 e. The van der Waals surface area contributed by atoms with Gasteiger partial charge in [-0.1, -0.05) is 39.2 Å². The smallest absolute Gasteiger partial charge is 0.403 e. The van der Waals surface area contributed by atoms with Crippen LogP contribution in [0.25, 0.3) is 0 Å². The summed E-state index contributed by atoms with van der Waals surface area (Å²) in [5.41, 5.74) is 0.760. The van der Waals surface area contributed by atoms with E-state index in [9.17, 15) is 0 Å². The Kier molecular flexibility index (Phi) is 7.83. The molecule has 0 spiro atoms. The van der Waals surface area contributed by atoms with Crippen LogP contribution in [0.1, 0.15) is 80.1 Å². The molecule has 0 unspecified atom stereocenters. The maximum absolute atomic E-state index is 6.44. The molecule has 2 rings (SSSR count). The molecule has 0 N–H and O–H groups in total. The Balaban J connectivity index is 2.24. The van der Waals surface area contributed by atoms with Crippen LogP contribution >= 0.6 is 0 Å². The lowest BCUT2D eigenvalue weighted by molar-refractivity contribution is 0.00578. The van der Waals surface area contributed by atoms with Gasteiger partial charge in [0.2, 0.25) is 0 Å². The summed E-state index contributed by atoms with van der Waals surface area (Å²) in [4.78, 5) is 0. The topological polar surface area (TPSA) is 34.1 Å². The fourth-order valence-corrected chi connectivity index (χ4v) is 4.64. The molecule has 28 heavy (non-hydrogen) atoms. The number of hydrogen-bond donors (Lipinski definition) is 0. The summed E-state index contributed by atoms with van der Waals surface area (Å²) in [5.74, 6) is 1.66. The summed E-state index contributed by atoms with van der Waals surface area (Å²) in [5, 5.41) is 6.97. The predicted octanol–water partition coefficient (Wildman–Crippen LogP) is 5.80. The zero-order chi connectivity index (χ0) is 21.1. The Morgan fingerprint density at radius 3 is 2.11 bits per heavy atom. The van der Waals surface area contributed by atoms with Gasteiger partial charge in [-0.25, -0.2) is 0 Å². The van der Waals surface area contributed by atoms with E-state index >= 15 is 0 Å². The minimum atomic E-state index is -0.302. The molecule has 1 aliphatic heterocycles. The first-order valence-corrected chi connectivity index (χ1v) is 11.2. The average Bonchev–Trinajstić information content (AvgIpc) is 2.84. The van der Waals surface area contributed by atoms with Crippen LogP contribution in [-0.2, 0) is 9.31 Å². The highest BCUT2D eigenvalue weighted by atomic mass is 16.7. The maximum atomic E-state index is 6.44. The molecule has 2 aliphatic rings. The van der Waals surface area contributed by atoms with Crippen molar-refractivity contribution in [2.75, 3.05) is 14.1 Å². The Labute approximate surface area is 174 Å². The SMILES string of the molecule is C=CC[C@H](B1OC(C)(C)C(C)(C)O1)[C@@H](C)[C@@H](C)/C(=N/N(C)C)C1CCCCC1. The fourth-order valence-electron chi connectivity index (χ4n) is 4.64. The van der Waals surface area contributed by atoms with Crippen LogP contribution < -0.4 is 0 Å². The van der Waals surface area contributed by atoms with Crippen LogP contribution in [0.5, 0.6) is 0 Å². The van der Waals surface area contributed by atoms with E-state index in [2.05, 4.69) is 48.1 Å². The normalized spacial score (nSPS) is 26.0. The van der Waals surface area contributed by atoms with Gasteiger partial charge in [0.25, 0.3) is 0 Å². The third kappa shape index (κ3) is 5.21. The van der Waals surface area contributed by atoms with Crippen LogP contribution in [0.4, 0.5) is 0 Å². The van der Waals surface area contributed by atoms with Crippen molar-refractivity contribution in [3.63, 3.8) is 0 Å². The molecule has 0 radical (unpaired) electrons. The fraction of sp³-hybridized carbons (Fsp3) is 0.870. The average molecular weight is 390 g/mol. The second-order valence-corrected chi connectivity index (χ2v) is 10.2. The minimum absolute atomic E-state index is 0.201. The monoisotopic (exact) mass is 390 g/mol. The van der Waals surface area contributed by atoms with Gasteiger partial charge in [-0.05, 0) is 64.7 Å². The van der Waals surface area contributed by atoms with E-state index in [0.717, 1.165) is 6.42 Å². The summed E-state index contributed by atoms with van der Waals surface area (Å²) >= 11 is 0. The van der Waals surface area contributed by atoms with Crippen molar-refractivity contribution in [2.24, 2.45) is 22.9 Å². The van der Waals surface area contributed by atoms with Crippen LogP contribution in [0, 0.1) is 17.8 Å². The molecule has 1 aliphatic carbocycles. The Hall–Kier alpha value is -0.805. The molecule has 0 bridgehead atoms. The summed E-state index contributed by atoms with van der Waals surface area (Å²) in [6.07, 6.45) is 9.46. The third-order valence-corrected chi connectivity index (χ3v) is 7.33. The van der Waals surface area contributed by atoms with Crippen molar-refractivity contribution in [3.8, 4) is 0 Å². The van der Waals surface area contributed by atoms with E-state index in [0.29, 0.717) is 17.8 Å². The second kappa shape index (κ2) is 9.34. The molecule has 1 heterocycles. The number of nitrogens with zero attached hydrogens (tertiary/aromatic N) is 2. The van der Waals surface area contributed by atoms with Gasteiger partial charge in [-0.3, -0.25) is 0 Å². The highest BCUT2D eigenvalue weighted by Crippen LogP contribution is 2.45. The lowest BCUT2D eigenvalue weighted by Gasteiger charge is -2.35. The Bertz CT molecular complexity index is 537. The van der Waals surface area contributed by atoms with E-state index in [4.69, 9.17) is 14.4 Å². The number of rotatable bonds is 8. The summed E-state index contributed by atoms with van der Waals surface area (Å²) in [6, 6.07) is 0. The van der Waals surface area contributed by atoms with Gasteiger partial charge in [0.1, 0.15) is 0 Å². The first-order valence-electron chi connectivity index (χ1n) is 11.2. The molecule has 160 valence electrons. The van der Waals surface area contributed by atoms with E-state index < -0.39 is 0 Å². The zero-order valence-corrected chi connectivity index (χ0v) is 19.6. The van der Waals surface area contributed by atoms with Crippen molar-refractivity contribution >= 4 is 12.8 Å². The van der Waals surface area contributed by atoms with Crippen LogP contribution in [0.2, 0.25) is 5.82 Å². The summed E-state index contributed by atoms with van der Waals surface area (Å²) in [6.45, 7) is 17.2. The Morgan fingerprint density at radius 1 is 1.11 bits per heavy atom. The molecule has 1 saturated carbocycles. The Morgan fingerprint density at radius 2 is 1.64 bits per heavy atom. The number of allylic oxidation sites excluding steroid dienone is 1. The summed E-state index contributed by atoms with van der Waals surface area (Å²) in [7, 11) is 3.87. The van der Waals surface area contributed by atoms with E-state index in [1.165, 1.54) is 37.8 Å². The standard InChI is InChI=1S/C23H43BN2O2/c1-10-14-20(24-27-22(4,5)23(6,7)28-24)17(2)18(3)21(25-26(8)9)19-15-12-11-13-16-19/h10,17-20H,1,11-16H2,2-9H3/b25-21-/t17-,18+,20-/m0/s1. The molecule has 5 heteroatoms. The van der Waals surface area contributed by atoms with E-state index in [1.54, 1.807) is 0 Å². The molecule has 4 nitrogen and oxygen atoms in total. The zero-order valence-electron chi connectivity index (χ0n) is 19.6. The molecular formula is C23H43BN2O2. The lowest BCUT2D eigenvalue weighted by atomic mass is 9.59. The van der Waals surface area contributed by atoms with Gasteiger partial charge in [-0.2, -0.15) is 5.10 Å². The van der Waals surface area contributed by atoms with Crippen LogP contribution in [-0.4, -0.2) is 43.1 Å². The highest BCUT2D eigenvalue weighted by molar-refractivity contribution is 6.47. The van der Waals surface area contributed by atoms with Gasteiger partial charge in [0.05, 0.1) is 11.2 Å². The lowest BCUT2D eigenvalue weighted by Crippen LogP contribution is -2.41. The van der Waals surface area contributed by atoms with Crippen molar-refractivity contribution in [1.82, 2.24) is 5.01 Å². The van der Waals surface area contributed by atoms with Crippen molar-refractivity contribution in [2.45, 2.75) is 97.1 Å². The molecule has 0 amide bonds. The van der Waals surface area contributed by atoms with Crippen molar-refractivity contribution in [3.05, 3.63) is 12.7 Å². The van der Waals surface area contributed by atoms with Gasteiger partial charge in [0, 0.05) is 25.6 Å². The second-order valence-electron chi connectivity index (χ2n) is 10.2. The van der Waals surface area contributed by atoms with Gasteiger partial charge < -0.3 is 14.3 Å². The molecule has 3 atom stereocenters. The van der Waals surface area contributed by atoms with Crippen molar-refractivity contribution in [1.29, 1.82) is 0 Å². The van der Waals surface area contributed by atoms with Crippen LogP contribution in [0.3, 0.4) is 0 Å². The third-order valence-electron chi connectivity index (χ3n) is 7.33. The molecule has 0 aromatic carbocycles. The van der Waals surface area contributed by atoms with E-state index in [1.807, 2.05) is 25.2 Å². The first-order chi connectivity index (χ1) is 13.0. The molecule has 0 aromatic heterocycles. The molecule has 0 aromatic rings. The quantitative estimate of drug-likeness (QED) is 0.227. The highest BCUT2D eigenvalue weighted by Gasteiger charge is 2.54. The van der Waals surface area contributed by atoms with Gasteiger partial charge >= 0.3 is 7.12 Å². The van der Waals surface area contributed by atoms with Crippen LogP contribution in [0.15, 0.2) is 17.8 Å². The van der Waals surface area contributed by atoms with Crippen molar-refractivity contribution < 1.29 is 9.31 Å². The largest absolute Gasteiger partial charge is 0.461 e. The molecular weight excluding hydrogens is 347 g/mol. The minimum Gasteiger partial charge on any atom is -0.403 e. The van der Waals surface area contributed by atoms with Gasteiger partial charge in [0.15, 0.2) is 0 Å².